The number of ether oxygens (including phenoxy) is 2. The monoisotopic (exact) mass is 412 g/mol. The highest BCUT2D eigenvalue weighted by Crippen LogP contribution is 2.12. The van der Waals surface area contributed by atoms with Crippen molar-refractivity contribution in [3.05, 3.63) is 65.7 Å². The van der Waals surface area contributed by atoms with Gasteiger partial charge in [-0.2, -0.15) is 0 Å². The first-order chi connectivity index (χ1) is 14.4. The molecular formula is C23H28N2O5. The molecule has 0 bridgehead atoms. The van der Waals surface area contributed by atoms with E-state index in [1.165, 1.54) is 7.11 Å². The molecule has 7 heteroatoms. The number of esters is 1. The average molecular weight is 412 g/mol. The molecule has 2 amide bonds. The fourth-order valence-corrected chi connectivity index (χ4v) is 2.73. The summed E-state index contributed by atoms with van der Waals surface area (Å²) in [5.41, 5.74) is 1.50. The van der Waals surface area contributed by atoms with E-state index in [-0.39, 0.29) is 11.8 Å². The Balaban J connectivity index is 1.81. The Hall–Kier alpha value is -3.35. The molecule has 160 valence electrons. The maximum atomic E-state index is 12.4. The number of rotatable bonds is 10. The topological polar surface area (TPSA) is 93.7 Å². The molecule has 1 unspecified atom stereocenters. The van der Waals surface area contributed by atoms with Gasteiger partial charge < -0.3 is 20.1 Å². The van der Waals surface area contributed by atoms with Gasteiger partial charge in [0.2, 0.25) is 0 Å². The third kappa shape index (κ3) is 7.24. The van der Waals surface area contributed by atoms with E-state index < -0.39 is 24.5 Å². The molecule has 0 aliphatic heterocycles. The molecule has 0 fully saturated rings. The van der Waals surface area contributed by atoms with Gasteiger partial charge in [-0.05, 0) is 42.2 Å². The van der Waals surface area contributed by atoms with Crippen molar-refractivity contribution in [1.29, 1.82) is 0 Å². The van der Waals surface area contributed by atoms with Gasteiger partial charge in [-0.3, -0.25) is 9.59 Å². The van der Waals surface area contributed by atoms with Crippen molar-refractivity contribution >= 4 is 17.8 Å². The Kier molecular flexibility index (Phi) is 8.87. The zero-order chi connectivity index (χ0) is 21.9. The van der Waals surface area contributed by atoms with Gasteiger partial charge in [0, 0.05) is 12.1 Å². The summed E-state index contributed by atoms with van der Waals surface area (Å²) >= 11 is 0. The van der Waals surface area contributed by atoms with Crippen molar-refractivity contribution in [2.24, 2.45) is 5.92 Å². The van der Waals surface area contributed by atoms with Crippen LogP contribution >= 0.6 is 0 Å². The normalized spacial score (nSPS) is 11.5. The minimum Gasteiger partial charge on any atom is -0.497 e. The van der Waals surface area contributed by atoms with Crippen LogP contribution < -0.4 is 15.4 Å². The minimum absolute atomic E-state index is 0.208. The predicted octanol–water partition coefficient (Wildman–Crippen LogP) is 2.35. The third-order valence-electron chi connectivity index (χ3n) is 4.48. The lowest BCUT2D eigenvalue weighted by atomic mass is 10.0. The summed E-state index contributed by atoms with van der Waals surface area (Å²) in [6.07, 6.45) is 0.688. The summed E-state index contributed by atoms with van der Waals surface area (Å²) in [7, 11) is 1.54. The van der Waals surface area contributed by atoms with Crippen molar-refractivity contribution < 1.29 is 23.9 Å². The molecule has 0 saturated carbocycles. The summed E-state index contributed by atoms with van der Waals surface area (Å²) < 4.78 is 10.2. The Morgan fingerprint density at radius 1 is 0.967 bits per heavy atom. The molecule has 0 aliphatic rings. The van der Waals surface area contributed by atoms with Crippen LogP contribution in [0.5, 0.6) is 5.75 Å². The number of methoxy groups -OCH3 is 1. The first-order valence-electron chi connectivity index (χ1n) is 9.83. The van der Waals surface area contributed by atoms with Crippen LogP contribution in [-0.2, 0) is 20.7 Å². The number of hydrogen-bond donors (Lipinski definition) is 2. The van der Waals surface area contributed by atoms with Crippen LogP contribution in [0.3, 0.4) is 0 Å². The van der Waals surface area contributed by atoms with Crippen molar-refractivity contribution in [3.63, 3.8) is 0 Å². The lowest BCUT2D eigenvalue weighted by Crippen LogP contribution is -2.46. The van der Waals surface area contributed by atoms with Gasteiger partial charge in [-0.25, -0.2) is 4.79 Å². The molecule has 0 radical (unpaired) electrons. The summed E-state index contributed by atoms with van der Waals surface area (Å²) in [5.74, 6) is -1.01. The fourth-order valence-electron chi connectivity index (χ4n) is 2.73. The molecule has 7 nitrogen and oxygen atoms in total. The number of carbonyl (C=O) groups is 3. The van der Waals surface area contributed by atoms with Gasteiger partial charge >= 0.3 is 5.97 Å². The minimum atomic E-state index is -0.864. The van der Waals surface area contributed by atoms with Gasteiger partial charge in [-0.15, -0.1) is 0 Å². The van der Waals surface area contributed by atoms with E-state index in [1.54, 1.807) is 38.1 Å². The van der Waals surface area contributed by atoms with E-state index in [9.17, 15) is 14.4 Å². The second-order valence-electron chi connectivity index (χ2n) is 7.12. The van der Waals surface area contributed by atoms with Crippen molar-refractivity contribution in [3.8, 4) is 5.75 Å². The number of carbonyl (C=O) groups excluding carboxylic acids is 3. The fraction of sp³-hybridized carbons (Fsp3) is 0.348. The average Bonchev–Trinajstić information content (AvgIpc) is 2.76. The maximum absolute atomic E-state index is 12.4. The van der Waals surface area contributed by atoms with Crippen LogP contribution in [0.2, 0.25) is 0 Å². The molecule has 0 spiro atoms. The number of nitrogens with one attached hydrogen (secondary N) is 2. The molecule has 0 heterocycles. The molecule has 1 atom stereocenters. The van der Waals surface area contributed by atoms with Crippen molar-refractivity contribution in [2.75, 3.05) is 20.3 Å². The van der Waals surface area contributed by atoms with E-state index >= 15 is 0 Å². The van der Waals surface area contributed by atoms with Gasteiger partial charge in [-0.1, -0.05) is 44.2 Å². The molecule has 2 rings (SSSR count). The standard InChI is InChI=1S/C23H28N2O5/c1-16(2)21(25-22(27)18-9-11-19(29-3)12-10-18)23(28)30-15-20(26)24-14-13-17-7-5-4-6-8-17/h4-12,16,21H,13-15H2,1-3H3,(H,24,26)(H,25,27). The van der Waals surface area contributed by atoms with Gasteiger partial charge in [0.15, 0.2) is 6.61 Å². The zero-order valence-electron chi connectivity index (χ0n) is 17.5. The van der Waals surface area contributed by atoms with E-state index in [1.807, 2.05) is 30.3 Å². The summed E-state index contributed by atoms with van der Waals surface area (Å²) in [6, 6.07) is 15.4. The summed E-state index contributed by atoms with van der Waals surface area (Å²) in [4.78, 5) is 36.8. The van der Waals surface area contributed by atoms with Crippen LogP contribution in [0.15, 0.2) is 54.6 Å². The van der Waals surface area contributed by atoms with Crippen LogP contribution in [0, 0.1) is 5.92 Å². The van der Waals surface area contributed by atoms with Crippen LogP contribution in [-0.4, -0.2) is 44.1 Å². The first kappa shape index (κ1) is 22.9. The Morgan fingerprint density at radius 3 is 2.23 bits per heavy atom. The highest BCUT2D eigenvalue weighted by atomic mass is 16.5. The van der Waals surface area contributed by atoms with Crippen LogP contribution in [0.1, 0.15) is 29.8 Å². The van der Waals surface area contributed by atoms with Crippen molar-refractivity contribution in [1.82, 2.24) is 10.6 Å². The smallest absolute Gasteiger partial charge is 0.329 e. The van der Waals surface area contributed by atoms with Crippen LogP contribution in [0.25, 0.3) is 0 Å². The quantitative estimate of drug-likeness (QED) is 0.585. The second kappa shape index (κ2) is 11.6. The molecule has 2 aromatic rings. The Labute approximate surface area is 176 Å². The maximum Gasteiger partial charge on any atom is 0.329 e. The second-order valence-corrected chi connectivity index (χ2v) is 7.12. The van der Waals surface area contributed by atoms with Gasteiger partial charge in [0.1, 0.15) is 11.8 Å². The number of hydrogen-bond acceptors (Lipinski definition) is 5. The molecule has 0 aromatic heterocycles. The lowest BCUT2D eigenvalue weighted by Gasteiger charge is -2.21. The predicted molar refractivity (Wildman–Crippen MR) is 113 cm³/mol. The highest BCUT2D eigenvalue weighted by Gasteiger charge is 2.26. The van der Waals surface area contributed by atoms with E-state index in [0.29, 0.717) is 24.3 Å². The molecular weight excluding hydrogens is 384 g/mol. The summed E-state index contributed by atoms with van der Waals surface area (Å²) in [5, 5.41) is 5.39. The molecule has 0 saturated heterocycles. The number of amides is 2. The van der Waals surface area contributed by atoms with Crippen molar-refractivity contribution in [2.45, 2.75) is 26.3 Å². The Bertz CT molecular complexity index is 834. The molecule has 2 N–H and O–H groups in total. The number of benzene rings is 2. The zero-order valence-corrected chi connectivity index (χ0v) is 17.5. The molecule has 30 heavy (non-hydrogen) atoms. The lowest BCUT2D eigenvalue weighted by molar-refractivity contribution is -0.151. The van der Waals surface area contributed by atoms with E-state index in [4.69, 9.17) is 9.47 Å². The molecule has 0 aliphatic carbocycles. The molecule has 2 aromatic carbocycles. The van der Waals surface area contributed by atoms with Gasteiger partial charge in [0.25, 0.3) is 11.8 Å². The van der Waals surface area contributed by atoms with Crippen LogP contribution in [0.4, 0.5) is 0 Å². The Morgan fingerprint density at radius 2 is 1.63 bits per heavy atom. The summed E-state index contributed by atoms with van der Waals surface area (Å²) in [6.45, 7) is 3.64. The first-order valence-corrected chi connectivity index (χ1v) is 9.83. The van der Waals surface area contributed by atoms with E-state index in [0.717, 1.165) is 5.56 Å². The van der Waals surface area contributed by atoms with E-state index in [2.05, 4.69) is 10.6 Å². The third-order valence-corrected chi connectivity index (χ3v) is 4.48. The SMILES string of the molecule is COc1ccc(C(=O)NC(C(=O)OCC(=O)NCCc2ccccc2)C(C)C)cc1. The largest absolute Gasteiger partial charge is 0.497 e. The highest BCUT2D eigenvalue weighted by molar-refractivity contribution is 5.97. The van der Waals surface area contributed by atoms with Gasteiger partial charge in [0.05, 0.1) is 7.11 Å².